The van der Waals surface area contributed by atoms with Crippen LogP contribution in [0.15, 0.2) is 12.7 Å². The molecule has 1 aliphatic rings. The molecule has 1 rings (SSSR count). The van der Waals surface area contributed by atoms with Gasteiger partial charge in [0, 0.05) is 11.3 Å². The molecule has 2 atom stereocenters. The monoisotopic (exact) mass is 246 g/mol. The van der Waals surface area contributed by atoms with Crippen molar-refractivity contribution < 1.29 is 23.8 Å². The fourth-order valence-electron chi connectivity index (χ4n) is 1.10. The summed E-state index contributed by atoms with van der Waals surface area (Å²) in [5, 5.41) is 0.294. The second-order valence-electron chi connectivity index (χ2n) is 3.22. The minimum atomic E-state index is -0.641. The number of hydrogen-bond donors (Lipinski definition) is 0. The Morgan fingerprint density at radius 3 is 2.94 bits per heavy atom. The van der Waals surface area contributed by atoms with Crippen LogP contribution in [0.25, 0.3) is 0 Å². The zero-order valence-electron chi connectivity index (χ0n) is 9.01. The van der Waals surface area contributed by atoms with Crippen LogP contribution >= 0.6 is 11.8 Å². The average Bonchev–Trinajstić information content (AvgIpc) is 2.26. The molecule has 1 saturated heterocycles. The molecule has 0 aromatic rings. The van der Waals surface area contributed by atoms with Crippen LogP contribution < -0.4 is 0 Å². The standard InChI is InChI=1S/C10H14O5S/c1-3-8(11)14-5-9(12)15-10-6-13-4-7(2)16-10/h3,7,10H,1,4-6H2,2H3. The highest BCUT2D eigenvalue weighted by Crippen LogP contribution is 2.24. The number of thioether (sulfide) groups is 1. The van der Waals surface area contributed by atoms with E-state index in [9.17, 15) is 9.59 Å². The van der Waals surface area contributed by atoms with Crippen molar-refractivity contribution in [3.8, 4) is 0 Å². The maximum atomic E-state index is 11.2. The van der Waals surface area contributed by atoms with Crippen LogP contribution in [0.3, 0.4) is 0 Å². The molecule has 5 nitrogen and oxygen atoms in total. The molecule has 6 heteroatoms. The van der Waals surface area contributed by atoms with Crippen LogP contribution in [0.2, 0.25) is 0 Å². The summed E-state index contributed by atoms with van der Waals surface area (Å²) in [6.07, 6.45) is 0.994. The van der Waals surface area contributed by atoms with E-state index in [-0.39, 0.29) is 5.44 Å². The molecule has 0 aliphatic carbocycles. The van der Waals surface area contributed by atoms with Gasteiger partial charge in [0.15, 0.2) is 12.0 Å². The Balaban J connectivity index is 2.22. The molecular weight excluding hydrogens is 232 g/mol. The minimum absolute atomic E-state index is 0.294. The molecule has 0 aromatic heterocycles. The molecule has 0 radical (unpaired) electrons. The molecule has 0 saturated carbocycles. The van der Waals surface area contributed by atoms with Gasteiger partial charge in [0.25, 0.3) is 0 Å². The van der Waals surface area contributed by atoms with E-state index in [4.69, 9.17) is 9.47 Å². The van der Waals surface area contributed by atoms with E-state index in [0.29, 0.717) is 18.5 Å². The number of hydrogen-bond acceptors (Lipinski definition) is 6. The van der Waals surface area contributed by atoms with E-state index in [0.717, 1.165) is 6.08 Å². The topological polar surface area (TPSA) is 61.8 Å². The van der Waals surface area contributed by atoms with Gasteiger partial charge in [0.05, 0.1) is 13.2 Å². The molecule has 0 amide bonds. The highest BCUT2D eigenvalue weighted by Gasteiger charge is 2.23. The second-order valence-corrected chi connectivity index (χ2v) is 4.82. The number of esters is 2. The molecule has 0 N–H and O–H groups in total. The molecular formula is C10H14O5S. The van der Waals surface area contributed by atoms with Gasteiger partial charge in [-0.05, 0) is 0 Å². The number of carbonyl (C=O) groups is 2. The third kappa shape index (κ3) is 4.67. The Labute approximate surface area is 98.1 Å². The zero-order valence-corrected chi connectivity index (χ0v) is 9.83. The first-order valence-corrected chi connectivity index (χ1v) is 5.78. The summed E-state index contributed by atoms with van der Waals surface area (Å²) in [6, 6.07) is 0. The van der Waals surface area contributed by atoms with E-state index in [1.165, 1.54) is 11.8 Å². The third-order valence-electron chi connectivity index (χ3n) is 1.75. The van der Waals surface area contributed by atoms with Crippen molar-refractivity contribution in [1.29, 1.82) is 0 Å². The molecule has 2 unspecified atom stereocenters. The minimum Gasteiger partial charge on any atom is -0.451 e. The summed E-state index contributed by atoms with van der Waals surface area (Å²) in [6.45, 7) is 5.84. The first kappa shape index (κ1) is 13.1. The first-order valence-electron chi connectivity index (χ1n) is 4.83. The van der Waals surface area contributed by atoms with Crippen molar-refractivity contribution in [3.63, 3.8) is 0 Å². The lowest BCUT2D eigenvalue weighted by Crippen LogP contribution is -2.31. The molecule has 0 spiro atoms. The average molecular weight is 246 g/mol. The molecule has 1 fully saturated rings. The molecule has 16 heavy (non-hydrogen) atoms. The highest BCUT2D eigenvalue weighted by molar-refractivity contribution is 8.00. The largest absolute Gasteiger partial charge is 0.451 e. The molecule has 0 bridgehead atoms. The van der Waals surface area contributed by atoms with Crippen LogP contribution in [0, 0.1) is 0 Å². The predicted molar refractivity (Wildman–Crippen MR) is 58.9 cm³/mol. The summed E-state index contributed by atoms with van der Waals surface area (Å²) in [5.74, 6) is -1.22. The SMILES string of the molecule is C=CC(=O)OCC(=O)OC1COCC(C)S1. The fraction of sp³-hybridized carbons (Fsp3) is 0.600. The van der Waals surface area contributed by atoms with E-state index < -0.39 is 18.5 Å². The van der Waals surface area contributed by atoms with Gasteiger partial charge >= 0.3 is 11.9 Å². The van der Waals surface area contributed by atoms with E-state index in [1.54, 1.807) is 0 Å². The van der Waals surface area contributed by atoms with Crippen LogP contribution in [-0.2, 0) is 23.8 Å². The Bertz CT molecular complexity index is 278. The molecule has 90 valence electrons. The zero-order chi connectivity index (χ0) is 12.0. The van der Waals surface area contributed by atoms with Crippen LogP contribution in [-0.4, -0.2) is 42.4 Å². The Kier molecular flexibility index (Phi) is 5.34. The molecule has 1 aliphatic heterocycles. The normalized spacial score (nSPS) is 24.6. The maximum absolute atomic E-state index is 11.2. The van der Waals surface area contributed by atoms with Gasteiger partial charge in [0.1, 0.15) is 0 Å². The van der Waals surface area contributed by atoms with Crippen LogP contribution in [0.4, 0.5) is 0 Å². The lowest BCUT2D eigenvalue weighted by atomic mass is 10.5. The van der Waals surface area contributed by atoms with Gasteiger partial charge in [-0.25, -0.2) is 9.59 Å². The maximum Gasteiger partial charge on any atom is 0.345 e. The van der Waals surface area contributed by atoms with Gasteiger partial charge in [-0.3, -0.25) is 0 Å². The van der Waals surface area contributed by atoms with Crippen LogP contribution in [0.5, 0.6) is 0 Å². The predicted octanol–water partition coefficient (Wildman–Crippen LogP) is 0.737. The van der Waals surface area contributed by atoms with Gasteiger partial charge in [0.2, 0.25) is 0 Å². The lowest BCUT2D eigenvalue weighted by molar-refractivity contribution is -0.158. The second kappa shape index (κ2) is 6.55. The van der Waals surface area contributed by atoms with Crippen molar-refractivity contribution in [3.05, 3.63) is 12.7 Å². The van der Waals surface area contributed by atoms with Crippen molar-refractivity contribution in [2.75, 3.05) is 19.8 Å². The van der Waals surface area contributed by atoms with Crippen molar-refractivity contribution >= 4 is 23.7 Å². The van der Waals surface area contributed by atoms with Gasteiger partial charge in [-0.1, -0.05) is 13.5 Å². The summed E-state index contributed by atoms with van der Waals surface area (Å²) in [7, 11) is 0. The number of ether oxygens (including phenoxy) is 3. The highest BCUT2D eigenvalue weighted by atomic mass is 32.2. The van der Waals surface area contributed by atoms with E-state index >= 15 is 0 Å². The Morgan fingerprint density at radius 1 is 1.56 bits per heavy atom. The molecule has 1 heterocycles. The quantitative estimate of drug-likeness (QED) is 0.538. The first-order chi connectivity index (χ1) is 7.61. The van der Waals surface area contributed by atoms with Gasteiger partial charge in [-0.2, -0.15) is 0 Å². The van der Waals surface area contributed by atoms with E-state index in [1.807, 2.05) is 6.92 Å². The van der Waals surface area contributed by atoms with Crippen LogP contribution in [0.1, 0.15) is 6.92 Å². The van der Waals surface area contributed by atoms with Gasteiger partial charge in [-0.15, -0.1) is 11.8 Å². The van der Waals surface area contributed by atoms with Crippen molar-refractivity contribution in [2.45, 2.75) is 17.6 Å². The molecule has 0 aromatic carbocycles. The Morgan fingerprint density at radius 2 is 2.31 bits per heavy atom. The van der Waals surface area contributed by atoms with E-state index in [2.05, 4.69) is 11.3 Å². The van der Waals surface area contributed by atoms with Crippen molar-refractivity contribution in [2.24, 2.45) is 0 Å². The smallest absolute Gasteiger partial charge is 0.345 e. The number of rotatable bonds is 4. The Hall–Kier alpha value is -1.01. The van der Waals surface area contributed by atoms with Crippen molar-refractivity contribution in [1.82, 2.24) is 0 Å². The fourth-order valence-corrected chi connectivity index (χ4v) is 2.13. The summed E-state index contributed by atoms with van der Waals surface area (Å²) in [5.41, 5.74) is -0.321. The third-order valence-corrected chi connectivity index (χ3v) is 2.89. The number of carbonyl (C=O) groups excluding carboxylic acids is 2. The lowest BCUT2D eigenvalue weighted by Gasteiger charge is -2.26. The summed E-state index contributed by atoms with van der Waals surface area (Å²) < 4.78 is 14.8. The summed E-state index contributed by atoms with van der Waals surface area (Å²) >= 11 is 1.53. The summed E-state index contributed by atoms with van der Waals surface area (Å²) in [4.78, 5) is 21.9. The van der Waals surface area contributed by atoms with Gasteiger partial charge < -0.3 is 14.2 Å².